The van der Waals surface area contributed by atoms with Gasteiger partial charge in [0.2, 0.25) is 11.2 Å². The molecule has 1 saturated heterocycles. The molecule has 15 heteroatoms. The number of hydrogen-bond donors (Lipinski definition) is 8. The third kappa shape index (κ3) is 8.69. The van der Waals surface area contributed by atoms with Gasteiger partial charge in [-0.1, -0.05) is 93.4 Å². The van der Waals surface area contributed by atoms with Gasteiger partial charge >= 0.3 is 0 Å². The monoisotopic (exact) mass is 1050 g/mol. The third-order valence-corrected chi connectivity index (χ3v) is 21.2. The molecule has 0 spiro atoms. The summed E-state index contributed by atoms with van der Waals surface area (Å²) < 4.78 is 13.8. The van der Waals surface area contributed by atoms with Crippen molar-refractivity contribution in [2.24, 2.45) is 11.8 Å². The second-order valence-corrected chi connectivity index (χ2v) is 26.0. The lowest BCUT2D eigenvalue weighted by molar-refractivity contribution is 0.00975. The normalized spacial score (nSPS) is 24.8. The molecule has 1 fully saturated rings. The second kappa shape index (κ2) is 20.6. The van der Waals surface area contributed by atoms with Crippen molar-refractivity contribution in [3.8, 4) is 45.4 Å². The Kier molecular flexibility index (Phi) is 14.3. The molecular formula is C57H63NO10S4. The smallest absolute Gasteiger partial charge is 0.238 e. The van der Waals surface area contributed by atoms with E-state index in [0.29, 0.717) is 66.5 Å². The number of benzene rings is 5. The molecule has 0 radical (unpaired) electrons. The van der Waals surface area contributed by atoms with E-state index in [1.165, 1.54) is 6.07 Å². The molecule has 5 aliphatic rings. The van der Waals surface area contributed by atoms with E-state index in [4.69, 9.17) is 9.15 Å². The van der Waals surface area contributed by atoms with Crippen molar-refractivity contribution in [3.05, 3.63) is 115 Å². The maximum absolute atomic E-state index is 15.4. The molecule has 3 aliphatic heterocycles. The van der Waals surface area contributed by atoms with Gasteiger partial charge in [0.25, 0.3) is 0 Å². The van der Waals surface area contributed by atoms with Crippen molar-refractivity contribution in [1.82, 2.24) is 5.32 Å². The zero-order valence-electron chi connectivity index (χ0n) is 40.8. The number of rotatable bonds is 9. The Morgan fingerprint density at radius 3 is 2.51 bits per heavy atom. The van der Waals surface area contributed by atoms with Gasteiger partial charge in [0.05, 0.1) is 23.0 Å². The molecule has 4 heterocycles. The van der Waals surface area contributed by atoms with Gasteiger partial charge in [0.15, 0.2) is 5.76 Å². The van der Waals surface area contributed by atoms with Crippen molar-refractivity contribution in [3.63, 3.8) is 0 Å². The van der Waals surface area contributed by atoms with E-state index in [9.17, 15) is 35.7 Å². The van der Waals surface area contributed by atoms with Gasteiger partial charge in [0.1, 0.15) is 34.3 Å². The molecule has 11 rings (SSSR count). The van der Waals surface area contributed by atoms with Crippen LogP contribution in [0.25, 0.3) is 44.2 Å². The molecule has 2 aliphatic carbocycles. The highest BCUT2D eigenvalue weighted by atomic mass is 33.1. The largest absolute Gasteiger partial charge is 0.507 e. The Labute approximate surface area is 435 Å². The van der Waals surface area contributed by atoms with Gasteiger partial charge in [-0.25, -0.2) is 0 Å². The van der Waals surface area contributed by atoms with Crippen LogP contribution in [-0.4, -0.2) is 85.8 Å². The van der Waals surface area contributed by atoms with E-state index in [2.05, 4.69) is 55.6 Å². The van der Waals surface area contributed by atoms with E-state index in [1.807, 2.05) is 19.2 Å². The summed E-state index contributed by atoms with van der Waals surface area (Å²) in [5.41, 5.74) is 8.68. The summed E-state index contributed by atoms with van der Waals surface area (Å²) in [6, 6.07) is 18.1. The Balaban J connectivity index is 1.18. The minimum atomic E-state index is -0.999. The zero-order valence-corrected chi connectivity index (χ0v) is 44.0. The number of ether oxygens (including phenoxy) is 1. The minimum absolute atomic E-state index is 0.0124. The number of phenolic OH excluding ortho intramolecular Hbond substituents is 2. The summed E-state index contributed by atoms with van der Waals surface area (Å²) >= 11 is 0. The van der Waals surface area contributed by atoms with E-state index >= 15 is 4.79 Å². The average Bonchev–Trinajstić information content (AvgIpc) is 3.39. The lowest BCUT2D eigenvalue weighted by atomic mass is 9.65. The number of aromatic hydroxyl groups is 3. The van der Waals surface area contributed by atoms with Crippen molar-refractivity contribution < 1.29 is 44.9 Å². The zero-order chi connectivity index (χ0) is 50.1. The van der Waals surface area contributed by atoms with E-state index in [0.717, 1.165) is 74.1 Å². The Bertz CT molecular complexity index is 3140. The topological polar surface area (TPSA) is 193 Å². The molecule has 8 atom stereocenters. The minimum Gasteiger partial charge on any atom is -0.507 e. The van der Waals surface area contributed by atoms with Crippen LogP contribution in [0.3, 0.4) is 0 Å². The van der Waals surface area contributed by atoms with Crippen LogP contribution in [0.4, 0.5) is 0 Å². The highest BCUT2D eigenvalue weighted by Crippen LogP contribution is 2.61. The van der Waals surface area contributed by atoms with Crippen LogP contribution in [-0.2, 0) is 25.0 Å². The fourth-order valence-electron chi connectivity index (χ4n) is 12.7. The van der Waals surface area contributed by atoms with E-state index in [1.54, 1.807) is 43.2 Å². The summed E-state index contributed by atoms with van der Waals surface area (Å²) in [6.45, 7) is 4.15. The van der Waals surface area contributed by atoms with Gasteiger partial charge in [-0.3, -0.25) is 4.79 Å². The molecule has 72 heavy (non-hydrogen) atoms. The van der Waals surface area contributed by atoms with Gasteiger partial charge in [-0.05, 0) is 149 Å². The van der Waals surface area contributed by atoms with Crippen LogP contribution >= 0.6 is 43.2 Å². The molecule has 0 amide bonds. The van der Waals surface area contributed by atoms with Crippen LogP contribution in [0, 0.1) is 11.8 Å². The summed E-state index contributed by atoms with van der Waals surface area (Å²) in [5.74, 6) is 0.795. The number of aliphatic hydroxyl groups excluding tert-OH is 4. The van der Waals surface area contributed by atoms with Crippen LogP contribution in [0.5, 0.6) is 23.0 Å². The number of nitrogens with one attached hydrogen (secondary N) is 1. The lowest BCUT2D eigenvalue weighted by Crippen LogP contribution is -2.39. The predicted octanol–water partition coefficient (Wildman–Crippen LogP) is 10.9. The molecule has 6 aromatic rings. The first-order valence-electron chi connectivity index (χ1n) is 25.5. The van der Waals surface area contributed by atoms with Gasteiger partial charge in [-0.15, -0.1) is 0 Å². The Morgan fingerprint density at radius 1 is 0.875 bits per heavy atom. The van der Waals surface area contributed by atoms with Crippen LogP contribution < -0.4 is 15.5 Å². The van der Waals surface area contributed by atoms with E-state index in [-0.39, 0.29) is 88.2 Å². The van der Waals surface area contributed by atoms with Crippen LogP contribution in [0.2, 0.25) is 0 Å². The van der Waals surface area contributed by atoms with Crippen molar-refractivity contribution in [2.75, 3.05) is 31.8 Å². The molecule has 8 N–H and O–H groups in total. The number of phenols is 2. The Hall–Kier alpha value is -4.03. The molecule has 5 bridgehead atoms. The molecule has 0 saturated carbocycles. The first-order valence-corrected chi connectivity index (χ1v) is 30.4. The van der Waals surface area contributed by atoms with Gasteiger partial charge < -0.3 is 50.2 Å². The highest BCUT2D eigenvalue weighted by Gasteiger charge is 2.47. The maximum Gasteiger partial charge on any atom is 0.238 e. The quantitative estimate of drug-likeness (QED) is 0.0637. The maximum atomic E-state index is 15.4. The highest BCUT2D eigenvalue weighted by molar-refractivity contribution is 8.77. The van der Waals surface area contributed by atoms with Crippen molar-refractivity contribution in [2.45, 2.75) is 119 Å². The molecule has 8 unspecified atom stereocenters. The van der Waals surface area contributed by atoms with Crippen LogP contribution in [0.15, 0.2) is 63.8 Å². The fourth-order valence-corrected chi connectivity index (χ4v) is 18.0. The fraction of sp³-hybridized carbons (Fsp3) is 0.456. The van der Waals surface area contributed by atoms with Gasteiger partial charge in [0, 0.05) is 66.0 Å². The second-order valence-electron chi connectivity index (χ2n) is 20.9. The summed E-state index contributed by atoms with van der Waals surface area (Å²) in [5, 5.41) is 87.9. The number of aliphatic hydroxyl groups is 4. The SMILES string of the molecule is CNC1CSSCc2c(-c3oc4cc(O)c5c(c4c(=O)c3O)OC3CC4c6c-5cc5c7c(ccc(c67)C(SSCCCC3O)C4O)CC(CCCO)C5CCO)cc(CC(C)C)c(O)c2Cc2cccc1c2. The summed E-state index contributed by atoms with van der Waals surface area (Å²) in [4.78, 5) is 15.4. The lowest BCUT2D eigenvalue weighted by Gasteiger charge is -2.43. The van der Waals surface area contributed by atoms with Gasteiger partial charge in [-0.2, -0.15) is 0 Å². The van der Waals surface area contributed by atoms with Crippen LogP contribution in [0.1, 0.15) is 126 Å². The molecule has 11 nitrogen and oxygen atoms in total. The van der Waals surface area contributed by atoms with Crippen molar-refractivity contribution in [1.29, 1.82) is 0 Å². The molecular weight excluding hydrogens is 987 g/mol. The first-order chi connectivity index (χ1) is 34.9. The molecule has 1 aromatic heterocycles. The predicted molar refractivity (Wildman–Crippen MR) is 293 cm³/mol. The number of fused-ring (bicyclic) bond motifs is 10. The molecule has 380 valence electrons. The standard InChI is InChI=1S/C57H63NO10S4/c1-27(2)17-32-21-37(40-25-70-71-26-41(58-3)30-8-4-7-28(18-30)19-36(40)51(32)63)55-54(66)53(65)50-45(68-55)24-43(62)48-38-22-35-33(13-15-60)29(9-5-14-59)20-31-11-12-34-49(46(31)35)47(38)39-23-44(67-56(48)50)42(61)10-6-16-69-72-57(34)52(39)64/h4,7-8,11-12,18,21-22,24,27,29,33,39,41-42,44,52,57-64,66H,5-6,9-10,13-17,19-20,23,25-26H2,1-3H3. The summed E-state index contributed by atoms with van der Waals surface area (Å²) in [6.07, 6.45) is 2.02. The first kappa shape index (κ1) is 50.1. The third-order valence-electron chi connectivity index (χ3n) is 16.0. The number of hydrogen-bond acceptors (Lipinski definition) is 15. The molecule has 5 aromatic carbocycles. The summed E-state index contributed by atoms with van der Waals surface area (Å²) in [7, 11) is 8.62. The Morgan fingerprint density at radius 2 is 1.72 bits per heavy atom. The van der Waals surface area contributed by atoms with Crippen molar-refractivity contribution >= 4 is 64.9 Å². The average molecular weight is 1050 g/mol. The van der Waals surface area contributed by atoms with E-state index < -0.39 is 35.4 Å².